The van der Waals surface area contributed by atoms with Gasteiger partial charge in [0.25, 0.3) is 0 Å². The monoisotopic (exact) mass is 672 g/mol. The molecule has 270 valence electrons. The Morgan fingerprint density at radius 1 is 0.936 bits per heavy atom. The molecule has 1 aliphatic heterocycles. The number of nitrogens with zero attached hydrogens (tertiary/aromatic N) is 1. The van der Waals surface area contributed by atoms with Gasteiger partial charge in [-0.05, 0) is 50.9 Å². The highest BCUT2D eigenvalue weighted by molar-refractivity contribution is 5.96. The number of aliphatic hydroxyl groups is 1. The van der Waals surface area contributed by atoms with Gasteiger partial charge in [-0.2, -0.15) is 0 Å². The summed E-state index contributed by atoms with van der Waals surface area (Å²) in [5.41, 5.74) is 5.79. The third kappa shape index (κ3) is 13.0. The first kappa shape index (κ1) is 41.7. The first-order valence-electron chi connectivity index (χ1n) is 16.7. The van der Waals surface area contributed by atoms with E-state index in [0.29, 0.717) is 19.3 Å². The quantitative estimate of drug-likeness (QED) is 0.167. The molecular weight excluding hydrogens is 615 g/mol. The Labute approximate surface area is 277 Å². The van der Waals surface area contributed by atoms with E-state index in [9.17, 15) is 38.3 Å². The fourth-order valence-electron chi connectivity index (χ4n) is 5.26. The van der Waals surface area contributed by atoms with Crippen LogP contribution in [0.2, 0.25) is 0 Å². The SMILES string of the molecule is CCC(F)CCC[C@H]1OC(=O)CNC(=O)[C@H](C(C)O)NC(=O)[C@H](CN)NC(=O)[C@H](C(C)CC)NC(=O)[C@H](CC(C)C)N(C)C(=O)[C@@H]1C. The molecule has 9 atom stereocenters. The van der Waals surface area contributed by atoms with Crippen molar-refractivity contribution in [2.75, 3.05) is 20.1 Å². The van der Waals surface area contributed by atoms with Crippen molar-refractivity contribution >= 4 is 35.5 Å². The van der Waals surface area contributed by atoms with Gasteiger partial charge in [-0.3, -0.25) is 28.8 Å². The Kier molecular flexibility index (Phi) is 17.9. The highest BCUT2D eigenvalue weighted by Crippen LogP contribution is 2.22. The maximum Gasteiger partial charge on any atom is 0.325 e. The maximum atomic E-state index is 14.0. The fraction of sp³-hybridized carbons (Fsp3) is 0.812. The second kappa shape index (κ2) is 20.1. The van der Waals surface area contributed by atoms with Crippen LogP contribution in [0, 0.1) is 17.8 Å². The summed E-state index contributed by atoms with van der Waals surface area (Å²) in [5.74, 6) is -5.84. The normalized spacial score (nSPS) is 28.1. The average molecular weight is 673 g/mol. The molecule has 7 N–H and O–H groups in total. The maximum absolute atomic E-state index is 14.0. The van der Waals surface area contributed by atoms with E-state index in [4.69, 9.17) is 10.5 Å². The van der Waals surface area contributed by atoms with Gasteiger partial charge in [0.2, 0.25) is 29.5 Å². The van der Waals surface area contributed by atoms with Crippen molar-refractivity contribution in [2.45, 2.75) is 130 Å². The van der Waals surface area contributed by atoms with Crippen molar-refractivity contribution in [2.24, 2.45) is 23.5 Å². The third-order valence-corrected chi connectivity index (χ3v) is 8.62. The molecule has 1 rings (SSSR count). The molecule has 1 heterocycles. The number of nitrogens with one attached hydrogen (secondary N) is 4. The lowest BCUT2D eigenvalue weighted by atomic mass is 9.94. The van der Waals surface area contributed by atoms with Gasteiger partial charge in [0.1, 0.15) is 36.8 Å². The number of hydrogen-bond acceptors (Lipinski definition) is 9. The molecule has 0 saturated carbocycles. The van der Waals surface area contributed by atoms with Gasteiger partial charge in [0, 0.05) is 13.6 Å². The van der Waals surface area contributed by atoms with Crippen LogP contribution >= 0.6 is 0 Å². The van der Waals surface area contributed by atoms with Crippen molar-refractivity contribution in [1.29, 1.82) is 0 Å². The molecule has 14 nitrogen and oxygen atoms in total. The summed E-state index contributed by atoms with van der Waals surface area (Å²) in [6, 6.07) is -4.96. The van der Waals surface area contributed by atoms with Crippen LogP contribution in [0.25, 0.3) is 0 Å². The molecule has 0 aromatic heterocycles. The molecule has 1 saturated heterocycles. The Morgan fingerprint density at radius 2 is 1.55 bits per heavy atom. The van der Waals surface area contributed by atoms with Crippen molar-refractivity contribution < 1.29 is 43.0 Å². The lowest BCUT2D eigenvalue weighted by molar-refractivity contribution is -0.157. The zero-order valence-electron chi connectivity index (χ0n) is 29.1. The van der Waals surface area contributed by atoms with Crippen LogP contribution < -0.4 is 27.0 Å². The van der Waals surface area contributed by atoms with Gasteiger partial charge in [0.05, 0.1) is 18.2 Å². The zero-order valence-corrected chi connectivity index (χ0v) is 29.1. The van der Waals surface area contributed by atoms with Gasteiger partial charge in [0.15, 0.2) is 0 Å². The number of carbonyl (C=O) groups excluding carboxylic acids is 6. The summed E-state index contributed by atoms with van der Waals surface area (Å²) in [6.45, 7) is 10.8. The summed E-state index contributed by atoms with van der Waals surface area (Å²) in [5, 5.41) is 20.2. The van der Waals surface area contributed by atoms with E-state index in [1.54, 1.807) is 20.8 Å². The van der Waals surface area contributed by atoms with E-state index in [-0.39, 0.29) is 31.7 Å². The minimum Gasteiger partial charge on any atom is -0.460 e. The second-order valence-electron chi connectivity index (χ2n) is 13.0. The molecule has 0 aromatic carbocycles. The van der Waals surface area contributed by atoms with Crippen molar-refractivity contribution in [1.82, 2.24) is 26.2 Å². The number of alkyl halides is 1. The summed E-state index contributed by atoms with van der Waals surface area (Å²) < 4.78 is 19.7. The van der Waals surface area contributed by atoms with Crippen LogP contribution in [-0.4, -0.2) is 108 Å². The Hall–Kier alpha value is -3.33. The van der Waals surface area contributed by atoms with Gasteiger partial charge < -0.3 is 41.7 Å². The number of cyclic esters (lactones) is 1. The van der Waals surface area contributed by atoms with Gasteiger partial charge in [-0.25, -0.2) is 4.39 Å². The second-order valence-corrected chi connectivity index (χ2v) is 13.0. The molecule has 1 aliphatic rings. The molecule has 0 aromatic rings. The molecule has 1 fully saturated rings. The average Bonchev–Trinajstić information content (AvgIpc) is 3.03. The van der Waals surface area contributed by atoms with Crippen LogP contribution in [0.3, 0.4) is 0 Å². The van der Waals surface area contributed by atoms with Crippen LogP contribution in [-0.2, 0) is 33.5 Å². The van der Waals surface area contributed by atoms with Crippen LogP contribution in [0.15, 0.2) is 0 Å². The number of halogens is 1. The summed E-state index contributed by atoms with van der Waals surface area (Å²) in [7, 11) is 1.46. The number of likely N-dealkylation sites (N-methyl/N-ethyl adjacent to an activating group) is 1. The van der Waals surface area contributed by atoms with Crippen molar-refractivity contribution in [3.8, 4) is 0 Å². The van der Waals surface area contributed by atoms with Crippen molar-refractivity contribution in [3.05, 3.63) is 0 Å². The third-order valence-electron chi connectivity index (χ3n) is 8.62. The molecule has 15 heteroatoms. The topological polar surface area (TPSA) is 209 Å². The number of rotatable bonds is 11. The zero-order chi connectivity index (χ0) is 36.0. The molecule has 0 spiro atoms. The molecular formula is C32H57FN6O8. The van der Waals surface area contributed by atoms with E-state index in [0.717, 1.165) is 0 Å². The molecule has 47 heavy (non-hydrogen) atoms. The highest BCUT2D eigenvalue weighted by Gasteiger charge is 2.38. The number of hydrogen-bond donors (Lipinski definition) is 6. The molecule has 0 radical (unpaired) electrons. The number of ether oxygens (including phenoxy) is 1. The minimum atomic E-state index is -1.52. The summed E-state index contributed by atoms with van der Waals surface area (Å²) >= 11 is 0. The number of aliphatic hydroxyl groups excluding tert-OH is 1. The molecule has 0 aliphatic carbocycles. The van der Waals surface area contributed by atoms with Crippen LogP contribution in [0.1, 0.15) is 87.0 Å². The van der Waals surface area contributed by atoms with Gasteiger partial charge in [-0.1, -0.05) is 48.0 Å². The van der Waals surface area contributed by atoms with Gasteiger partial charge in [-0.15, -0.1) is 0 Å². The molecule has 0 bridgehead atoms. The van der Waals surface area contributed by atoms with Gasteiger partial charge >= 0.3 is 5.97 Å². The number of esters is 1. The van der Waals surface area contributed by atoms with E-state index in [2.05, 4.69) is 21.3 Å². The summed E-state index contributed by atoms with van der Waals surface area (Å²) in [4.78, 5) is 81.5. The lowest BCUT2D eigenvalue weighted by Crippen LogP contribution is -2.62. The Bertz CT molecular complexity index is 1080. The predicted octanol–water partition coefficient (Wildman–Crippen LogP) is 0.296. The van der Waals surface area contributed by atoms with E-state index >= 15 is 0 Å². The van der Waals surface area contributed by atoms with E-state index < -0.39 is 96.4 Å². The number of amides is 5. The van der Waals surface area contributed by atoms with Crippen LogP contribution in [0.5, 0.6) is 0 Å². The lowest BCUT2D eigenvalue weighted by Gasteiger charge is -2.34. The largest absolute Gasteiger partial charge is 0.460 e. The fourth-order valence-corrected chi connectivity index (χ4v) is 5.26. The van der Waals surface area contributed by atoms with Crippen LogP contribution in [0.4, 0.5) is 4.39 Å². The predicted molar refractivity (Wildman–Crippen MR) is 173 cm³/mol. The van der Waals surface area contributed by atoms with Crippen molar-refractivity contribution in [3.63, 3.8) is 0 Å². The first-order chi connectivity index (χ1) is 22.0. The highest BCUT2D eigenvalue weighted by atomic mass is 19.1. The standard InChI is InChI=1S/C32H57FN6O8/c1-9-18(5)26-31(45)36-22(15-34)28(42)38-27(20(7)40)30(44)35-16-25(41)47-24(13-11-12-21(33)10-2)19(6)32(46)39(8)23(14-17(3)4)29(43)37-26/h17-24,26-27,40H,9-16,34H2,1-8H3,(H,35,44)(H,36,45)(H,37,43)(H,38,42)/t18?,19-,20?,21?,22+,23+,24-,26+,27+/m1/s1. The molecule has 5 amide bonds. The Morgan fingerprint density at radius 3 is 2.09 bits per heavy atom. The number of nitrogens with two attached hydrogens (primary N) is 1. The molecule has 3 unspecified atom stereocenters. The smallest absolute Gasteiger partial charge is 0.325 e. The first-order valence-corrected chi connectivity index (χ1v) is 16.7. The summed E-state index contributed by atoms with van der Waals surface area (Å²) in [6.07, 6.45) is -1.81. The van der Waals surface area contributed by atoms with E-state index in [1.807, 2.05) is 20.8 Å². The Balaban J connectivity index is 3.63. The van der Waals surface area contributed by atoms with E-state index in [1.165, 1.54) is 18.9 Å². The number of carbonyl (C=O) groups is 6. The minimum absolute atomic E-state index is 0.0336.